The van der Waals surface area contributed by atoms with Crippen molar-refractivity contribution in [2.45, 2.75) is 6.10 Å². The summed E-state index contributed by atoms with van der Waals surface area (Å²) in [5, 5.41) is 4.53. The monoisotopic (exact) mass is 415 g/mol. The zero-order chi connectivity index (χ0) is 21.8. The van der Waals surface area contributed by atoms with Crippen LogP contribution in [0.25, 0.3) is 17.1 Å². The molecule has 0 bridgehead atoms. The molecule has 31 heavy (non-hydrogen) atoms. The van der Waals surface area contributed by atoms with Crippen molar-refractivity contribution in [1.29, 1.82) is 0 Å². The number of likely N-dealkylation sites (N-methyl/N-ethyl adjacent to an activating group) is 1. The molecule has 0 saturated carbocycles. The van der Waals surface area contributed by atoms with Gasteiger partial charge in [-0.15, -0.1) is 0 Å². The number of furan rings is 1. The maximum atomic E-state index is 13.2. The highest BCUT2D eigenvalue weighted by Crippen LogP contribution is 2.26. The first-order valence-electron chi connectivity index (χ1n) is 9.71. The molecule has 0 aliphatic rings. The molecular weight excluding hydrogens is 394 g/mol. The van der Waals surface area contributed by atoms with Crippen LogP contribution in [0.3, 0.4) is 0 Å². The molecule has 2 aromatic carbocycles. The van der Waals surface area contributed by atoms with E-state index in [1.54, 1.807) is 56.6 Å². The quantitative estimate of drug-likeness (QED) is 0.443. The summed E-state index contributed by atoms with van der Waals surface area (Å²) in [6.07, 6.45) is 0.464. The number of nitrogens with zero attached hydrogens (tertiary/aromatic N) is 3. The minimum absolute atomic E-state index is 0.185. The Balaban J connectivity index is 1.73. The first kappa shape index (κ1) is 20.2. The minimum Gasteiger partial charge on any atom is -0.463 e. The third kappa shape index (κ3) is 4.25. The first-order valence-corrected chi connectivity index (χ1v) is 9.71. The molecule has 4 rings (SSSR count). The summed E-state index contributed by atoms with van der Waals surface area (Å²) >= 11 is 0. The second-order valence-corrected chi connectivity index (χ2v) is 7.07. The van der Waals surface area contributed by atoms with Crippen molar-refractivity contribution in [3.8, 4) is 17.1 Å². The highest BCUT2D eigenvalue weighted by molar-refractivity contribution is 5.92. The summed E-state index contributed by atoms with van der Waals surface area (Å²) < 4.78 is 12.6. The number of aromatic nitrogens is 2. The molecule has 156 valence electrons. The fourth-order valence-corrected chi connectivity index (χ4v) is 3.13. The van der Waals surface area contributed by atoms with E-state index in [4.69, 9.17) is 9.15 Å². The molecule has 7 heteroatoms. The molecule has 0 saturated heterocycles. The van der Waals surface area contributed by atoms with Crippen molar-refractivity contribution in [1.82, 2.24) is 14.7 Å². The molecule has 1 amide bonds. The van der Waals surface area contributed by atoms with Gasteiger partial charge in [-0.3, -0.25) is 4.79 Å². The van der Waals surface area contributed by atoms with Crippen LogP contribution in [0.1, 0.15) is 22.2 Å². The molecule has 0 aliphatic heterocycles. The Morgan fingerprint density at radius 1 is 0.968 bits per heavy atom. The van der Waals surface area contributed by atoms with Crippen LogP contribution in [-0.2, 0) is 9.53 Å². The van der Waals surface area contributed by atoms with Crippen LogP contribution in [0.5, 0.6) is 0 Å². The van der Waals surface area contributed by atoms with Gasteiger partial charge in [-0.25, -0.2) is 9.48 Å². The lowest BCUT2D eigenvalue weighted by molar-refractivity contribution is -0.138. The van der Waals surface area contributed by atoms with Crippen molar-refractivity contribution in [2.75, 3.05) is 14.1 Å². The Morgan fingerprint density at radius 2 is 1.65 bits per heavy atom. The zero-order valence-electron chi connectivity index (χ0n) is 17.1. The third-order valence-electron chi connectivity index (χ3n) is 4.69. The van der Waals surface area contributed by atoms with E-state index >= 15 is 0 Å². The first-order chi connectivity index (χ1) is 15.0. The van der Waals surface area contributed by atoms with Crippen molar-refractivity contribution in [3.63, 3.8) is 0 Å². The number of hydrogen-bond acceptors (Lipinski definition) is 5. The van der Waals surface area contributed by atoms with E-state index in [2.05, 4.69) is 5.10 Å². The fraction of sp³-hybridized carbons (Fsp3) is 0.125. The van der Waals surface area contributed by atoms with Crippen LogP contribution in [0.4, 0.5) is 0 Å². The van der Waals surface area contributed by atoms with E-state index in [1.165, 1.54) is 15.8 Å². The molecule has 2 heterocycles. The Hall–Kier alpha value is -4.13. The largest absolute Gasteiger partial charge is 0.463 e. The molecule has 0 radical (unpaired) electrons. The third-order valence-corrected chi connectivity index (χ3v) is 4.69. The van der Waals surface area contributed by atoms with Gasteiger partial charge in [0.2, 0.25) is 6.10 Å². The number of ether oxygens (including phenoxy) is 1. The van der Waals surface area contributed by atoms with E-state index in [0.29, 0.717) is 22.7 Å². The predicted octanol–water partition coefficient (Wildman–Crippen LogP) is 4.12. The van der Waals surface area contributed by atoms with Gasteiger partial charge in [-0.2, -0.15) is 5.10 Å². The van der Waals surface area contributed by atoms with Crippen LogP contribution >= 0.6 is 0 Å². The second-order valence-electron chi connectivity index (χ2n) is 7.07. The lowest BCUT2D eigenvalue weighted by Crippen LogP contribution is -2.31. The minimum atomic E-state index is -1.07. The highest BCUT2D eigenvalue weighted by atomic mass is 16.5. The summed E-state index contributed by atoms with van der Waals surface area (Å²) in [6.45, 7) is 0. The summed E-state index contributed by atoms with van der Waals surface area (Å²) in [5.41, 5.74) is 1.94. The van der Waals surface area contributed by atoms with Crippen molar-refractivity contribution in [3.05, 3.63) is 96.4 Å². The molecule has 7 nitrogen and oxygen atoms in total. The lowest BCUT2D eigenvalue weighted by atomic mass is 10.1. The highest BCUT2D eigenvalue weighted by Gasteiger charge is 2.29. The molecule has 2 aromatic heterocycles. The molecule has 0 fully saturated rings. The number of hydrogen-bond donors (Lipinski definition) is 0. The summed E-state index contributed by atoms with van der Waals surface area (Å²) in [4.78, 5) is 27.4. The van der Waals surface area contributed by atoms with Gasteiger partial charge < -0.3 is 14.1 Å². The summed E-state index contributed by atoms with van der Waals surface area (Å²) in [5.74, 6) is -0.484. The SMILES string of the molecule is CN(C)C(=O)C(OC(=O)c1cc(-c2ccco2)nn1-c1ccccc1)c1ccccc1. The second kappa shape index (κ2) is 8.71. The van der Waals surface area contributed by atoms with Crippen LogP contribution in [0.15, 0.2) is 89.5 Å². The molecule has 0 spiro atoms. The van der Waals surface area contributed by atoms with Crippen molar-refractivity contribution >= 4 is 11.9 Å². The van der Waals surface area contributed by atoms with E-state index in [0.717, 1.165) is 0 Å². The van der Waals surface area contributed by atoms with Gasteiger partial charge in [0.1, 0.15) is 5.69 Å². The Kier molecular flexibility index (Phi) is 5.66. The topological polar surface area (TPSA) is 77.6 Å². The van der Waals surface area contributed by atoms with E-state index in [1.807, 2.05) is 36.4 Å². The van der Waals surface area contributed by atoms with Crippen LogP contribution in [0.2, 0.25) is 0 Å². The number of amides is 1. The Bertz CT molecular complexity index is 1170. The molecule has 0 N–H and O–H groups in total. The molecule has 0 aliphatic carbocycles. The van der Waals surface area contributed by atoms with Gasteiger partial charge in [0, 0.05) is 25.7 Å². The van der Waals surface area contributed by atoms with Gasteiger partial charge in [-0.1, -0.05) is 48.5 Å². The van der Waals surface area contributed by atoms with E-state index < -0.39 is 12.1 Å². The molecule has 1 unspecified atom stereocenters. The van der Waals surface area contributed by atoms with Gasteiger partial charge in [0.15, 0.2) is 11.5 Å². The molecule has 1 atom stereocenters. The number of carbonyl (C=O) groups is 2. The predicted molar refractivity (Wildman–Crippen MR) is 115 cm³/mol. The zero-order valence-corrected chi connectivity index (χ0v) is 17.1. The van der Waals surface area contributed by atoms with Crippen LogP contribution in [0, 0.1) is 0 Å². The lowest BCUT2D eigenvalue weighted by Gasteiger charge is -2.21. The summed E-state index contributed by atoms with van der Waals surface area (Å²) in [7, 11) is 3.24. The Morgan fingerprint density at radius 3 is 2.26 bits per heavy atom. The standard InChI is InChI=1S/C24H21N3O4/c1-26(2)23(28)22(17-10-5-3-6-11-17)31-24(29)20-16-19(21-14-9-15-30-21)25-27(20)18-12-7-4-8-13-18/h3-16,22H,1-2H3. The van der Waals surface area contributed by atoms with Gasteiger partial charge >= 0.3 is 5.97 Å². The maximum absolute atomic E-state index is 13.2. The van der Waals surface area contributed by atoms with Gasteiger partial charge in [0.05, 0.1) is 12.0 Å². The van der Waals surface area contributed by atoms with Crippen LogP contribution in [-0.4, -0.2) is 40.7 Å². The van der Waals surface area contributed by atoms with Gasteiger partial charge in [-0.05, 0) is 24.3 Å². The summed E-state index contributed by atoms with van der Waals surface area (Å²) in [6, 6.07) is 23.3. The van der Waals surface area contributed by atoms with Crippen molar-refractivity contribution < 1.29 is 18.7 Å². The normalized spacial score (nSPS) is 11.7. The number of rotatable bonds is 6. The van der Waals surface area contributed by atoms with Crippen LogP contribution < -0.4 is 0 Å². The maximum Gasteiger partial charge on any atom is 0.358 e. The molecule has 4 aromatic rings. The number of benzene rings is 2. The van der Waals surface area contributed by atoms with E-state index in [9.17, 15) is 9.59 Å². The Labute approximate surface area is 179 Å². The van der Waals surface area contributed by atoms with Gasteiger partial charge in [0.25, 0.3) is 5.91 Å². The van der Waals surface area contributed by atoms with Crippen molar-refractivity contribution in [2.24, 2.45) is 0 Å². The average molecular weight is 415 g/mol. The smallest absolute Gasteiger partial charge is 0.358 e. The average Bonchev–Trinajstić information content (AvgIpc) is 3.48. The molecular formula is C24H21N3O4. The number of para-hydroxylation sites is 1. The fourth-order valence-electron chi connectivity index (χ4n) is 3.13. The van der Waals surface area contributed by atoms with E-state index in [-0.39, 0.29) is 11.6 Å². The number of carbonyl (C=O) groups excluding carboxylic acids is 2. The number of esters is 1.